The molecule has 0 spiro atoms. The van der Waals surface area contributed by atoms with Crippen LogP contribution < -0.4 is 10.6 Å². The first-order valence-electron chi connectivity index (χ1n) is 8.83. The molecule has 0 atom stereocenters. The van der Waals surface area contributed by atoms with Crippen LogP contribution in [-0.2, 0) is 16.1 Å². The third-order valence-electron chi connectivity index (χ3n) is 3.95. The average Bonchev–Trinajstić information content (AvgIpc) is 3.18. The first kappa shape index (κ1) is 20.2. The Morgan fingerprint density at radius 2 is 1.28 bits per heavy atom. The van der Waals surface area contributed by atoms with Crippen molar-refractivity contribution >= 4 is 23.2 Å². The van der Waals surface area contributed by atoms with Crippen molar-refractivity contribution in [2.75, 3.05) is 23.7 Å². The summed E-state index contributed by atoms with van der Waals surface area (Å²) in [5.74, 6) is -0.940. The molecule has 0 unspecified atom stereocenters. The number of amides is 2. The van der Waals surface area contributed by atoms with Crippen molar-refractivity contribution in [3.05, 3.63) is 84.3 Å². The van der Waals surface area contributed by atoms with Gasteiger partial charge in [-0.3, -0.25) is 14.5 Å². The second-order valence-corrected chi connectivity index (χ2v) is 6.33. The maximum absolute atomic E-state index is 13.0. The molecule has 0 aliphatic rings. The Kier molecular flexibility index (Phi) is 6.70. The lowest BCUT2D eigenvalue weighted by Crippen LogP contribution is -2.38. The predicted molar refractivity (Wildman–Crippen MR) is 104 cm³/mol. The number of rotatable bonds is 8. The maximum atomic E-state index is 13.0. The van der Waals surface area contributed by atoms with Crippen LogP contribution in [0.5, 0.6) is 0 Å². The van der Waals surface area contributed by atoms with E-state index in [1.165, 1.54) is 54.8 Å². The molecule has 8 heteroatoms. The molecule has 2 aromatic carbocycles. The number of nitrogens with one attached hydrogen (secondary N) is 2. The lowest BCUT2D eigenvalue weighted by atomic mass is 10.3. The van der Waals surface area contributed by atoms with E-state index in [2.05, 4.69) is 10.6 Å². The van der Waals surface area contributed by atoms with Gasteiger partial charge in [0.25, 0.3) is 0 Å². The van der Waals surface area contributed by atoms with Gasteiger partial charge in [-0.2, -0.15) is 0 Å². The van der Waals surface area contributed by atoms with E-state index >= 15 is 0 Å². The molecule has 3 rings (SSSR count). The Bertz CT molecular complexity index is 881. The van der Waals surface area contributed by atoms with E-state index in [1.54, 1.807) is 17.0 Å². The highest BCUT2D eigenvalue weighted by Gasteiger charge is 2.17. The summed E-state index contributed by atoms with van der Waals surface area (Å²) in [7, 11) is 0. The monoisotopic (exact) mass is 399 g/mol. The fourth-order valence-electron chi connectivity index (χ4n) is 2.66. The molecule has 0 bridgehead atoms. The number of hydrogen-bond donors (Lipinski definition) is 2. The molecule has 0 aliphatic carbocycles. The molecule has 150 valence electrons. The molecule has 0 radical (unpaired) electrons. The number of nitrogens with zero attached hydrogens (tertiary/aromatic N) is 1. The molecule has 0 fully saturated rings. The van der Waals surface area contributed by atoms with Gasteiger partial charge in [-0.1, -0.05) is 0 Å². The van der Waals surface area contributed by atoms with Crippen LogP contribution in [0.2, 0.25) is 0 Å². The first-order chi connectivity index (χ1) is 14.0. The van der Waals surface area contributed by atoms with E-state index in [4.69, 9.17) is 4.42 Å². The molecule has 1 aromatic heterocycles. The third-order valence-corrected chi connectivity index (χ3v) is 3.95. The molecular formula is C21H19F2N3O3. The van der Waals surface area contributed by atoms with Crippen molar-refractivity contribution in [2.45, 2.75) is 6.54 Å². The fourth-order valence-corrected chi connectivity index (χ4v) is 2.66. The number of furan rings is 1. The average molecular weight is 399 g/mol. The van der Waals surface area contributed by atoms with Crippen LogP contribution in [0.1, 0.15) is 5.76 Å². The summed E-state index contributed by atoms with van der Waals surface area (Å²) in [6.07, 6.45) is 1.50. The summed E-state index contributed by atoms with van der Waals surface area (Å²) in [4.78, 5) is 26.3. The van der Waals surface area contributed by atoms with E-state index in [1.807, 2.05) is 0 Å². The topological polar surface area (TPSA) is 74.6 Å². The van der Waals surface area contributed by atoms with Gasteiger partial charge in [0.1, 0.15) is 17.4 Å². The Balaban J connectivity index is 1.61. The SMILES string of the molecule is O=C(CN(CC(=O)Nc1ccc(F)cc1)Cc1ccco1)Nc1ccc(F)cc1. The van der Waals surface area contributed by atoms with Crippen molar-refractivity contribution in [2.24, 2.45) is 0 Å². The summed E-state index contributed by atoms with van der Waals surface area (Å²) in [6, 6.07) is 14.2. The predicted octanol–water partition coefficient (Wildman–Crippen LogP) is 3.64. The largest absolute Gasteiger partial charge is 0.468 e. The smallest absolute Gasteiger partial charge is 0.238 e. The Labute approximate surface area is 166 Å². The van der Waals surface area contributed by atoms with Crippen molar-refractivity contribution in [3.63, 3.8) is 0 Å². The number of benzene rings is 2. The number of anilines is 2. The molecule has 3 aromatic rings. The minimum atomic E-state index is -0.403. The summed E-state index contributed by atoms with van der Waals surface area (Å²) < 4.78 is 31.3. The zero-order valence-corrected chi connectivity index (χ0v) is 15.4. The number of halogens is 2. The molecule has 1 heterocycles. The zero-order chi connectivity index (χ0) is 20.6. The van der Waals surface area contributed by atoms with Gasteiger partial charge in [-0.25, -0.2) is 8.78 Å². The van der Waals surface area contributed by atoms with Crippen molar-refractivity contribution in [1.82, 2.24) is 4.90 Å². The van der Waals surface area contributed by atoms with Crippen molar-refractivity contribution in [3.8, 4) is 0 Å². The summed E-state index contributed by atoms with van der Waals surface area (Å²) in [6.45, 7) is 0.0600. The highest BCUT2D eigenvalue weighted by atomic mass is 19.1. The van der Waals surface area contributed by atoms with E-state index in [0.29, 0.717) is 17.1 Å². The number of carbonyl (C=O) groups is 2. The van der Waals surface area contributed by atoms with Crippen LogP contribution in [-0.4, -0.2) is 29.8 Å². The molecule has 0 saturated heterocycles. The molecule has 0 aliphatic heterocycles. The van der Waals surface area contributed by atoms with Crippen molar-refractivity contribution in [1.29, 1.82) is 0 Å². The van der Waals surface area contributed by atoms with Crippen LogP contribution in [0.15, 0.2) is 71.3 Å². The Morgan fingerprint density at radius 1 is 0.793 bits per heavy atom. The van der Waals surface area contributed by atoms with Gasteiger partial charge in [0.15, 0.2) is 0 Å². The van der Waals surface area contributed by atoms with E-state index in [9.17, 15) is 18.4 Å². The second-order valence-electron chi connectivity index (χ2n) is 6.33. The highest BCUT2D eigenvalue weighted by Crippen LogP contribution is 2.11. The number of carbonyl (C=O) groups excluding carboxylic acids is 2. The normalized spacial score (nSPS) is 10.7. The molecule has 29 heavy (non-hydrogen) atoms. The fraction of sp³-hybridized carbons (Fsp3) is 0.143. The minimum Gasteiger partial charge on any atom is -0.468 e. The molecule has 0 saturated carbocycles. The van der Waals surface area contributed by atoms with Gasteiger partial charge >= 0.3 is 0 Å². The van der Waals surface area contributed by atoms with Crippen LogP contribution >= 0.6 is 0 Å². The van der Waals surface area contributed by atoms with Crippen LogP contribution in [0, 0.1) is 11.6 Å². The summed E-state index contributed by atoms with van der Waals surface area (Å²) in [5.41, 5.74) is 0.898. The summed E-state index contributed by atoms with van der Waals surface area (Å²) in [5, 5.41) is 5.31. The van der Waals surface area contributed by atoms with Crippen molar-refractivity contribution < 1.29 is 22.8 Å². The standard InChI is InChI=1S/C21H19F2N3O3/c22-15-3-7-17(8-4-15)24-20(27)13-26(12-19-2-1-11-29-19)14-21(28)25-18-9-5-16(23)6-10-18/h1-11H,12-14H2,(H,24,27)(H,25,28). The van der Waals surface area contributed by atoms with Gasteiger partial charge in [0, 0.05) is 11.4 Å². The Hall–Kier alpha value is -3.52. The first-order valence-corrected chi connectivity index (χ1v) is 8.83. The molecule has 2 N–H and O–H groups in total. The summed E-state index contributed by atoms with van der Waals surface area (Å²) >= 11 is 0. The number of hydrogen-bond acceptors (Lipinski definition) is 4. The van der Waals surface area contributed by atoms with E-state index < -0.39 is 11.6 Å². The lowest BCUT2D eigenvalue weighted by molar-refractivity contribution is -0.120. The van der Waals surface area contributed by atoms with Gasteiger partial charge < -0.3 is 15.1 Å². The van der Waals surface area contributed by atoms with Gasteiger partial charge in [-0.05, 0) is 60.7 Å². The van der Waals surface area contributed by atoms with Gasteiger partial charge in [-0.15, -0.1) is 0 Å². The molecule has 6 nitrogen and oxygen atoms in total. The Morgan fingerprint density at radius 3 is 1.69 bits per heavy atom. The second kappa shape index (κ2) is 9.61. The molecule has 2 amide bonds. The molecular weight excluding hydrogens is 380 g/mol. The van der Waals surface area contributed by atoms with Gasteiger partial charge in [0.05, 0.1) is 25.9 Å². The minimum absolute atomic E-state index is 0.0884. The maximum Gasteiger partial charge on any atom is 0.238 e. The van der Waals surface area contributed by atoms with Gasteiger partial charge in [0.2, 0.25) is 11.8 Å². The van der Waals surface area contributed by atoms with E-state index in [0.717, 1.165) is 0 Å². The zero-order valence-electron chi connectivity index (χ0n) is 15.4. The van der Waals surface area contributed by atoms with E-state index in [-0.39, 0.29) is 31.4 Å². The van der Waals surface area contributed by atoms with Crippen LogP contribution in [0.3, 0.4) is 0 Å². The lowest BCUT2D eigenvalue weighted by Gasteiger charge is -2.20. The van der Waals surface area contributed by atoms with Crippen LogP contribution in [0.4, 0.5) is 20.2 Å². The highest BCUT2D eigenvalue weighted by molar-refractivity contribution is 5.94. The quantitative estimate of drug-likeness (QED) is 0.607. The third kappa shape index (κ3) is 6.54. The van der Waals surface area contributed by atoms with Crippen LogP contribution in [0.25, 0.3) is 0 Å².